The van der Waals surface area contributed by atoms with Gasteiger partial charge in [-0.25, -0.2) is 4.98 Å². The zero-order chi connectivity index (χ0) is 14.3. The topological polar surface area (TPSA) is 42.8 Å². The minimum absolute atomic E-state index is 0.555. The second-order valence-corrected chi connectivity index (χ2v) is 5.79. The molecule has 0 radical (unpaired) electrons. The Labute approximate surface area is 133 Å². The molecule has 0 amide bonds. The molecule has 0 aliphatic carbocycles. The van der Waals surface area contributed by atoms with E-state index in [1.165, 1.54) is 0 Å². The van der Waals surface area contributed by atoms with E-state index in [0.29, 0.717) is 9.79 Å². The first-order valence-corrected chi connectivity index (χ1v) is 7.28. The molecule has 4 nitrogen and oxygen atoms in total. The number of methoxy groups -OCH3 is 1. The summed E-state index contributed by atoms with van der Waals surface area (Å²) in [7, 11) is 1.62. The number of hydrogen-bond donors (Lipinski definition) is 1. The van der Waals surface area contributed by atoms with Crippen LogP contribution in [0.15, 0.2) is 34.9 Å². The van der Waals surface area contributed by atoms with Crippen molar-refractivity contribution in [1.82, 2.24) is 14.5 Å². The summed E-state index contributed by atoms with van der Waals surface area (Å²) in [6.45, 7) is 0. The van der Waals surface area contributed by atoms with Crippen molar-refractivity contribution >= 4 is 50.9 Å². The maximum absolute atomic E-state index is 5.94. The zero-order valence-electron chi connectivity index (χ0n) is 10.4. The Morgan fingerprint density at radius 1 is 1.40 bits per heavy atom. The first-order chi connectivity index (χ1) is 9.60. The fraction of sp³-hybridized carbons (Fsp3) is 0.0769. The average molecular weight is 371 g/mol. The molecule has 0 aliphatic rings. The lowest BCUT2D eigenvalue weighted by Crippen LogP contribution is -1.96. The summed E-state index contributed by atoms with van der Waals surface area (Å²) in [5, 5.41) is 0.564. The highest BCUT2D eigenvalue weighted by Crippen LogP contribution is 2.29. The van der Waals surface area contributed by atoms with Crippen molar-refractivity contribution in [3.8, 4) is 11.4 Å². The standard InChI is InChI=1S/C13H9BrClN3OS/c1-19-11-5-8(2-3-9(11)14)18-12-10(17-13(18)20)4-7(15)6-16-12/h2-6H,1H3,(H,17,20). The van der Waals surface area contributed by atoms with Gasteiger partial charge in [0.15, 0.2) is 10.4 Å². The van der Waals surface area contributed by atoms with Gasteiger partial charge in [-0.05, 0) is 46.3 Å². The summed E-state index contributed by atoms with van der Waals surface area (Å²) >= 11 is 14.7. The number of halogens is 2. The quantitative estimate of drug-likeness (QED) is 0.675. The van der Waals surface area contributed by atoms with E-state index in [0.717, 1.165) is 27.1 Å². The fourth-order valence-corrected chi connectivity index (χ4v) is 2.86. The molecule has 0 aliphatic heterocycles. The Morgan fingerprint density at radius 3 is 2.95 bits per heavy atom. The normalized spacial score (nSPS) is 10.9. The van der Waals surface area contributed by atoms with E-state index >= 15 is 0 Å². The Bertz CT molecular complexity index is 858. The maximum Gasteiger partial charge on any atom is 0.184 e. The molecular formula is C13H9BrClN3OS. The van der Waals surface area contributed by atoms with Crippen molar-refractivity contribution in [2.45, 2.75) is 0 Å². The number of pyridine rings is 1. The summed E-state index contributed by atoms with van der Waals surface area (Å²) in [6.07, 6.45) is 1.60. The molecule has 2 heterocycles. The van der Waals surface area contributed by atoms with E-state index in [2.05, 4.69) is 25.9 Å². The molecule has 3 aromatic rings. The molecule has 0 saturated heterocycles. The van der Waals surface area contributed by atoms with Crippen LogP contribution in [0.4, 0.5) is 0 Å². The summed E-state index contributed by atoms with van der Waals surface area (Å²) in [6, 6.07) is 7.53. The molecule has 102 valence electrons. The Morgan fingerprint density at radius 2 is 2.20 bits per heavy atom. The van der Waals surface area contributed by atoms with E-state index in [1.807, 2.05) is 22.8 Å². The van der Waals surface area contributed by atoms with E-state index in [4.69, 9.17) is 28.6 Å². The van der Waals surface area contributed by atoms with Crippen molar-refractivity contribution < 1.29 is 4.74 Å². The van der Waals surface area contributed by atoms with Crippen molar-refractivity contribution in [3.63, 3.8) is 0 Å². The lowest BCUT2D eigenvalue weighted by Gasteiger charge is -2.08. The Kier molecular flexibility index (Phi) is 3.54. The van der Waals surface area contributed by atoms with Gasteiger partial charge in [-0.3, -0.25) is 4.57 Å². The van der Waals surface area contributed by atoms with Gasteiger partial charge < -0.3 is 9.72 Å². The van der Waals surface area contributed by atoms with Crippen molar-refractivity contribution in [1.29, 1.82) is 0 Å². The molecule has 7 heteroatoms. The number of aromatic nitrogens is 3. The molecule has 0 spiro atoms. The number of fused-ring (bicyclic) bond motifs is 1. The summed E-state index contributed by atoms with van der Waals surface area (Å²) in [4.78, 5) is 7.43. The Hall–Kier alpha value is -1.37. The summed E-state index contributed by atoms with van der Waals surface area (Å²) in [5.41, 5.74) is 2.39. The van der Waals surface area contributed by atoms with Crippen LogP contribution in [0.25, 0.3) is 16.9 Å². The van der Waals surface area contributed by atoms with E-state index < -0.39 is 0 Å². The van der Waals surface area contributed by atoms with Gasteiger partial charge >= 0.3 is 0 Å². The third kappa shape index (κ3) is 2.24. The first-order valence-electron chi connectivity index (χ1n) is 5.70. The van der Waals surface area contributed by atoms with Crippen molar-refractivity contribution in [3.05, 3.63) is 44.7 Å². The minimum atomic E-state index is 0.555. The fourth-order valence-electron chi connectivity index (χ4n) is 2.00. The van der Waals surface area contributed by atoms with Gasteiger partial charge in [0.2, 0.25) is 0 Å². The Balaban J connectivity index is 2.29. The summed E-state index contributed by atoms with van der Waals surface area (Å²) in [5.74, 6) is 0.729. The number of rotatable bonds is 2. The second kappa shape index (κ2) is 5.20. The van der Waals surface area contributed by atoms with Gasteiger partial charge in [0.25, 0.3) is 0 Å². The van der Waals surface area contributed by atoms with Crippen molar-refractivity contribution in [2.75, 3.05) is 7.11 Å². The van der Waals surface area contributed by atoms with Crippen LogP contribution in [0, 0.1) is 4.77 Å². The van der Waals surface area contributed by atoms with Crippen LogP contribution in [0.3, 0.4) is 0 Å². The molecule has 0 saturated carbocycles. The van der Waals surface area contributed by atoms with Gasteiger partial charge in [0, 0.05) is 12.3 Å². The lowest BCUT2D eigenvalue weighted by molar-refractivity contribution is 0.412. The molecule has 3 rings (SSSR count). The van der Waals surface area contributed by atoms with Gasteiger partial charge in [0.05, 0.1) is 27.8 Å². The zero-order valence-corrected chi connectivity index (χ0v) is 13.5. The number of imidazole rings is 1. The molecule has 2 aromatic heterocycles. The highest BCUT2D eigenvalue weighted by Gasteiger charge is 2.10. The molecule has 0 bridgehead atoms. The molecular weight excluding hydrogens is 362 g/mol. The highest BCUT2D eigenvalue weighted by atomic mass is 79.9. The SMILES string of the molecule is COc1cc(-n2c(=S)[nH]c3cc(Cl)cnc32)ccc1Br. The van der Waals surface area contributed by atoms with Crippen LogP contribution in [0.2, 0.25) is 5.02 Å². The first kappa shape index (κ1) is 13.6. The molecule has 1 N–H and O–H groups in total. The van der Waals surface area contributed by atoms with Gasteiger partial charge in [0.1, 0.15) is 5.75 Å². The number of benzene rings is 1. The maximum atomic E-state index is 5.94. The van der Waals surface area contributed by atoms with Crippen LogP contribution >= 0.6 is 39.7 Å². The van der Waals surface area contributed by atoms with Crippen molar-refractivity contribution in [2.24, 2.45) is 0 Å². The van der Waals surface area contributed by atoms with Crippen LogP contribution in [-0.4, -0.2) is 21.6 Å². The molecule has 0 atom stereocenters. The predicted octanol–water partition coefficient (Wildman–Crippen LogP) is 4.51. The number of nitrogens with one attached hydrogen (secondary N) is 1. The molecule has 0 fully saturated rings. The highest BCUT2D eigenvalue weighted by molar-refractivity contribution is 9.10. The number of aromatic amines is 1. The van der Waals surface area contributed by atoms with E-state index in [9.17, 15) is 0 Å². The van der Waals surface area contributed by atoms with Crippen LogP contribution in [0.1, 0.15) is 0 Å². The average Bonchev–Trinajstić information content (AvgIpc) is 2.74. The van der Waals surface area contributed by atoms with Crippen LogP contribution < -0.4 is 4.74 Å². The minimum Gasteiger partial charge on any atom is -0.495 e. The third-order valence-electron chi connectivity index (χ3n) is 2.88. The molecule has 0 unspecified atom stereocenters. The predicted molar refractivity (Wildman–Crippen MR) is 85.5 cm³/mol. The van der Waals surface area contributed by atoms with E-state index in [-0.39, 0.29) is 0 Å². The third-order valence-corrected chi connectivity index (χ3v) is 4.03. The number of nitrogens with zero attached hydrogens (tertiary/aromatic N) is 2. The van der Waals surface area contributed by atoms with Gasteiger partial charge in [-0.1, -0.05) is 11.6 Å². The summed E-state index contributed by atoms with van der Waals surface area (Å²) < 4.78 is 8.59. The van der Waals surface area contributed by atoms with Crippen LogP contribution in [0.5, 0.6) is 5.75 Å². The molecule has 1 aromatic carbocycles. The lowest BCUT2D eigenvalue weighted by atomic mass is 10.3. The van der Waals surface area contributed by atoms with Crippen LogP contribution in [-0.2, 0) is 0 Å². The second-order valence-electron chi connectivity index (χ2n) is 4.11. The number of ether oxygens (including phenoxy) is 1. The monoisotopic (exact) mass is 369 g/mol. The van der Waals surface area contributed by atoms with Gasteiger partial charge in [-0.15, -0.1) is 0 Å². The smallest absolute Gasteiger partial charge is 0.184 e. The number of hydrogen-bond acceptors (Lipinski definition) is 3. The van der Waals surface area contributed by atoms with Gasteiger partial charge in [-0.2, -0.15) is 0 Å². The van der Waals surface area contributed by atoms with E-state index in [1.54, 1.807) is 19.4 Å². The largest absolute Gasteiger partial charge is 0.495 e. The number of H-pyrrole nitrogens is 1. The molecule has 20 heavy (non-hydrogen) atoms.